The molecule has 0 amide bonds. The number of para-hydroxylation sites is 2. The Morgan fingerprint density at radius 2 is 1.95 bits per heavy atom. The van der Waals surface area contributed by atoms with Gasteiger partial charge in [0.2, 0.25) is 0 Å². The number of hydrogen-bond acceptors (Lipinski definition) is 5. The molecule has 114 valence electrons. The Balaban J connectivity index is 1.82. The van der Waals surface area contributed by atoms with Gasteiger partial charge in [-0.15, -0.1) is 5.10 Å². The van der Waals surface area contributed by atoms with Crippen LogP contribution in [0.1, 0.15) is 19.0 Å². The minimum absolute atomic E-state index is 0.518. The second kappa shape index (κ2) is 8.26. The molecule has 0 fully saturated rings. The van der Waals surface area contributed by atoms with E-state index in [0.717, 1.165) is 30.0 Å². The fourth-order valence-corrected chi connectivity index (χ4v) is 1.94. The maximum Gasteiger partial charge on any atom is 0.161 e. The van der Waals surface area contributed by atoms with Gasteiger partial charge in [-0.05, 0) is 38.4 Å². The Morgan fingerprint density at radius 1 is 1.19 bits per heavy atom. The molecule has 0 aliphatic carbocycles. The molecule has 2 aromatic rings. The summed E-state index contributed by atoms with van der Waals surface area (Å²) in [6.45, 7) is 4.41. The Labute approximate surface area is 124 Å². The third-order valence-corrected chi connectivity index (χ3v) is 2.95. The van der Waals surface area contributed by atoms with Crippen molar-refractivity contribution in [3.63, 3.8) is 0 Å². The maximum absolute atomic E-state index is 5.75. The number of nitrogens with two attached hydrogens (primary N) is 1. The van der Waals surface area contributed by atoms with Crippen LogP contribution in [-0.4, -0.2) is 34.8 Å². The van der Waals surface area contributed by atoms with Crippen molar-refractivity contribution in [2.75, 3.05) is 19.8 Å². The van der Waals surface area contributed by atoms with E-state index in [1.54, 1.807) is 4.68 Å². The van der Waals surface area contributed by atoms with Crippen molar-refractivity contribution in [3.8, 4) is 11.5 Å². The van der Waals surface area contributed by atoms with Gasteiger partial charge in [-0.25, -0.2) is 4.68 Å². The normalized spacial score (nSPS) is 10.6. The van der Waals surface area contributed by atoms with E-state index < -0.39 is 0 Å². The molecule has 0 radical (unpaired) electrons. The molecule has 0 atom stereocenters. The third kappa shape index (κ3) is 4.75. The lowest BCUT2D eigenvalue weighted by molar-refractivity contribution is 0.261. The molecule has 0 aliphatic rings. The van der Waals surface area contributed by atoms with Gasteiger partial charge in [0.05, 0.1) is 18.8 Å². The van der Waals surface area contributed by atoms with Crippen LogP contribution in [0.2, 0.25) is 0 Å². The van der Waals surface area contributed by atoms with Crippen molar-refractivity contribution in [2.24, 2.45) is 5.73 Å². The molecule has 1 aromatic carbocycles. The van der Waals surface area contributed by atoms with Crippen molar-refractivity contribution in [3.05, 3.63) is 36.2 Å². The molecular weight excluding hydrogens is 268 g/mol. The molecule has 6 nitrogen and oxygen atoms in total. The van der Waals surface area contributed by atoms with E-state index in [-0.39, 0.29) is 0 Å². The Hall–Kier alpha value is -2.08. The van der Waals surface area contributed by atoms with Gasteiger partial charge in [-0.2, -0.15) is 0 Å². The van der Waals surface area contributed by atoms with E-state index in [4.69, 9.17) is 15.2 Å². The first-order valence-electron chi connectivity index (χ1n) is 7.27. The predicted molar refractivity (Wildman–Crippen MR) is 80.5 cm³/mol. The summed E-state index contributed by atoms with van der Waals surface area (Å²) in [7, 11) is 0. The fraction of sp³-hybridized carbons (Fsp3) is 0.467. The Kier molecular flexibility index (Phi) is 6.02. The monoisotopic (exact) mass is 290 g/mol. The molecular formula is C15H22N4O2. The summed E-state index contributed by atoms with van der Waals surface area (Å²) < 4.78 is 13.1. The second-order valence-electron chi connectivity index (χ2n) is 4.59. The molecule has 21 heavy (non-hydrogen) atoms. The first-order chi connectivity index (χ1) is 10.3. The number of hydrogen-bond donors (Lipinski definition) is 1. The van der Waals surface area contributed by atoms with E-state index in [1.165, 1.54) is 0 Å². The van der Waals surface area contributed by atoms with Crippen LogP contribution in [0.5, 0.6) is 11.5 Å². The van der Waals surface area contributed by atoms with Crippen LogP contribution < -0.4 is 15.2 Å². The van der Waals surface area contributed by atoms with Gasteiger partial charge < -0.3 is 15.2 Å². The SMILES string of the molecule is CCOc1ccccc1OCCn1cc(CCCN)nn1. The molecule has 0 saturated carbocycles. The van der Waals surface area contributed by atoms with E-state index in [2.05, 4.69) is 10.3 Å². The molecule has 0 spiro atoms. The number of aromatic nitrogens is 3. The summed E-state index contributed by atoms with van der Waals surface area (Å²) in [5, 5.41) is 8.18. The van der Waals surface area contributed by atoms with Crippen LogP contribution in [0, 0.1) is 0 Å². The quantitative estimate of drug-likeness (QED) is 0.760. The van der Waals surface area contributed by atoms with E-state index in [9.17, 15) is 0 Å². The van der Waals surface area contributed by atoms with Gasteiger partial charge in [-0.3, -0.25) is 0 Å². The minimum Gasteiger partial charge on any atom is -0.490 e. The second-order valence-corrected chi connectivity index (χ2v) is 4.59. The standard InChI is InChI=1S/C15H22N4O2/c1-2-20-14-7-3-4-8-15(14)21-11-10-19-12-13(17-18-19)6-5-9-16/h3-4,7-8,12H,2,5-6,9-11,16H2,1H3. The number of nitrogens with zero attached hydrogens (tertiary/aromatic N) is 3. The molecule has 0 bridgehead atoms. The highest BCUT2D eigenvalue weighted by molar-refractivity contribution is 5.39. The van der Waals surface area contributed by atoms with Gasteiger partial charge in [-0.1, -0.05) is 17.3 Å². The highest BCUT2D eigenvalue weighted by Gasteiger charge is 2.04. The molecule has 6 heteroatoms. The van der Waals surface area contributed by atoms with Gasteiger partial charge in [0.25, 0.3) is 0 Å². The van der Waals surface area contributed by atoms with Crippen molar-refractivity contribution < 1.29 is 9.47 Å². The third-order valence-electron chi connectivity index (χ3n) is 2.95. The van der Waals surface area contributed by atoms with Gasteiger partial charge >= 0.3 is 0 Å². The van der Waals surface area contributed by atoms with Gasteiger partial charge in [0.15, 0.2) is 11.5 Å². The minimum atomic E-state index is 0.518. The van der Waals surface area contributed by atoms with E-state index in [0.29, 0.717) is 26.3 Å². The van der Waals surface area contributed by atoms with E-state index in [1.807, 2.05) is 37.4 Å². The highest BCUT2D eigenvalue weighted by atomic mass is 16.5. The molecule has 2 rings (SSSR count). The molecule has 0 aliphatic heterocycles. The summed E-state index contributed by atoms with van der Waals surface area (Å²) >= 11 is 0. The Bertz CT molecular complexity index is 542. The number of rotatable bonds is 9. The summed E-state index contributed by atoms with van der Waals surface area (Å²) in [5.41, 5.74) is 6.45. The van der Waals surface area contributed by atoms with Crippen LogP contribution in [0.3, 0.4) is 0 Å². The summed E-state index contributed by atoms with van der Waals surface area (Å²) in [4.78, 5) is 0. The summed E-state index contributed by atoms with van der Waals surface area (Å²) in [6, 6.07) is 7.66. The zero-order valence-corrected chi connectivity index (χ0v) is 12.4. The van der Waals surface area contributed by atoms with Crippen LogP contribution in [0.4, 0.5) is 0 Å². The largest absolute Gasteiger partial charge is 0.490 e. The maximum atomic E-state index is 5.75. The van der Waals surface area contributed by atoms with Crippen molar-refractivity contribution >= 4 is 0 Å². The number of ether oxygens (including phenoxy) is 2. The predicted octanol–water partition coefficient (Wildman–Crippen LogP) is 1.65. The molecule has 2 N–H and O–H groups in total. The molecule has 1 heterocycles. The number of benzene rings is 1. The fourth-order valence-electron chi connectivity index (χ4n) is 1.94. The summed E-state index contributed by atoms with van der Waals surface area (Å²) in [6.07, 6.45) is 3.73. The lowest BCUT2D eigenvalue weighted by Gasteiger charge is -2.11. The van der Waals surface area contributed by atoms with Crippen LogP contribution >= 0.6 is 0 Å². The lowest BCUT2D eigenvalue weighted by atomic mass is 10.2. The molecule has 0 saturated heterocycles. The Morgan fingerprint density at radius 3 is 2.67 bits per heavy atom. The van der Waals surface area contributed by atoms with Gasteiger partial charge in [0.1, 0.15) is 6.61 Å². The average Bonchev–Trinajstić information content (AvgIpc) is 2.95. The zero-order valence-electron chi connectivity index (χ0n) is 12.4. The number of aryl methyl sites for hydroxylation is 1. The lowest BCUT2D eigenvalue weighted by Crippen LogP contribution is -2.09. The van der Waals surface area contributed by atoms with Crippen LogP contribution in [0.15, 0.2) is 30.5 Å². The van der Waals surface area contributed by atoms with Gasteiger partial charge in [0, 0.05) is 6.20 Å². The van der Waals surface area contributed by atoms with Crippen LogP contribution in [0.25, 0.3) is 0 Å². The van der Waals surface area contributed by atoms with Crippen molar-refractivity contribution in [1.82, 2.24) is 15.0 Å². The first kappa shape index (κ1) is 15.3. The first-order valence-corrected chi connectivity index (χ1v) is 7.27. The highest BCUT2D eigenvalue weighted by Crippen LogP contribution is 2.26. The smallest absolute Gasteiger partial charge is 0.161 e. The van der Waals surface area contributed by atoms with Crippen LogP contribution in [-0.2, 0) is 13.0 Å². The zero-order chi connectivity index (χ0) is 14.9. The topological polar surface area (TPSA) is 75.2 Å². The van der Waals surface area contributed by atoms with Crippen molar-refractivity contribution in [1.29, 1.82) is 0 Å². The van der Waals surface area contributed by atoms with Crippen molar-refractivity contribution in [2.45, 2.75) is 26.3 Å². The average molecular weight is 290 g/mol. The molecule has 0 unspecified atom stereocenters. The molecule has 1 aromatic heterocycles. The van der Waals surface area contributed by atoms with E-state index >= 15 is 0 Å². The summed E-state index contributed by atoms with van der Waals surface area (Å²) in [5.74, 6) is 1.52.